The maximum Gasteiger partial charge on any atom is 0.272 e. The first-order valence-electron chi connectivity index (χ1n) is 8.15. The number of hydrogen-bond acceptors (Lipinski definition) is 6. The molecule has 0 bridgehead atoms. The predicted molar refractivity (Wildman–Crippen MR) is 98.3 cm³/mol. The van der Waals surface area contributed by atoms with Crippen molar-refractivity contribution in [3.63, 3.8) is 0 Å². The number of amides is 1. The Morgan fingerprint density at radius 2 is 1.96 bits per heavy atom. The number of nitrogens with one attached hydrogen (secondary N) is 2. The lowest BCUT2D eigenvalue weighted by atomic mass is 10.1. The highest BCUT2D eigenvalue weighted by Crippen LogP contribution is 2.27. The van der Waals surface area contributed by atoms with E-state index in [0.29, 0.717) is 35.4 Å². The summed E-state index contributed by atoms with van der Waals surface area (Å²) in [5.41, 5.74) is 1.56. The molecule has 2 aromatic carbocycles. The molecule has 0 aliphatic rings. The fraction of sp³-hybridized carbons (Fsp3) is 0.222. The Bertz CT molecular complexity index is 999. The van der Waals surface area contributed by atoms with Gasteiger partial charge in [-0.15, -0.1) is 0 Å². The molecule has 1 heterocycles. The van der Waals surface area contributed by atoms with Crippen LogP contribution in [0.15, 0.2) is 36.4 Å². The number of rotatable bonds is 7. The van der Waals surface area contributed by atoms with E-state index in [1.807, 2.05) is 12.1 Å². The van der Waals surface area contributed by atoms with Gasteiger partial charge >= 0.3 is 0 Å². The molecule has 140 valence electrons. The maximum absolute atomic E-state index is 12.4. The van der Waals surface area contributed by atoms with E-state index >= 15 is 0 Å². The molecule has 0 fully saturated rings. The highest BCUT2D eigenvalue weighted by Gasteiger charge is 2.17. The summed E-state index contributed by atoms with van der Waals surface area (Å²) < 4.78 is 10.5. The van der Waals surface area contributed by atoms with E-state index in [1.165, 1.54) is 18.2 Å². The average Bonchev–Trinajstić information content (AvgIpc) is 3.11. The first-order valence-corrected chi connectivity index (χ1v) is 8.15. The maximum atomic E-state index is 12.4. The molecule has 1 aromatic heterocycles. The van der Waals surface area contributed by atoms with Gasteiger partial charge in [0.15, 0.2) is 17.2 Å². The van der Waals surface area contributed by atoms with Crippen LogP contribution < -0.4 is 14.8 Å². The van der Waals surface area contributed by atoms with Gasteiger partial charge in [-0.1, -0.05) is 6.07 Å². The summed E-state index contributed by atoms with van der Waals surface area (Å²) in [5.74, 6) is 0.851. The summed E-state index contributed by atoms with van der Waals surface area (Å²) in [7, 11) is 3.13. The minimum Gasteiger partial charge on any atom is -0.493 e. The molecule has 0 saturated heterocycles. The number of carbonyl (C=O) groups excluding carboxylic acids is 1. The zero-order chi connectivity index (χ0) is 19.4. The van der Waals surface area contributed by atoms with Gasteiger partial charge in [-0.3, -0.25) is 20.0 Å². The molecule has 2 N–H and O–H groups in total. The van der Waals surface area contributed by atoms with Crippen LogP contribution in [0.5, 0.6) is 11.5 Å². The zero-order valence-corrected chi connectivity index (χ0v) is 14.8. The molecule has 3 rings (SSSR count). The minimum atomic E-state index is -0.509. The Hall–Kier alpha value is -3.62. The number of ether oxygens (including phenoxy) is 2. The highest BCUT2D eigenvalue weighted by atomic mass is 16.6. The second-order valence-corrected chi connectivity index (χ2v) is 5.75. The summed E-state index contributed by atoms with van der Waals surface area (Å²) in [6, 6.07) is 9.76. The van der Waals surface area contributed by atoms with Crippen molar-refractivity contribution in [1.82, 2.24) is 15.5 Å². The van der Waals surface area contributed by atoms with Crippen molar-refractivity contribution in [2.45, 2.75) is 6.42 Å². The van der Waals surface area contributed by atoms with Gasteiger partial charge in [0.1, 0.15) is 0 Å². The lowest BCUT2D eigenvalue weighted by Crippen LogP contribution is -2.26. The van der Waals surface area contributed by atoms with E-state index in [-0.39, 0.29) is 11.4 Å². The highest BCUT2D eigenvalue weighted by molar-refractivity contribution is 6.05. The number of benzene rings is 2. The van der Waals surface area contributed by atoms with Gasteiger partial charge in [0.05, 0.1) is 24.7 Å². The molecule has 9 nitrogen and oxygen atoms in total. The van der Waals surface area contributed by atoms with Crippen molar-refractivity contribution in [3.8, 4) is 11.5 Å². The van der Waals surface area contributed by atoms with Crippen molar-refractivity contribution < 1.29 is 19.2 Å². The van der Waals surface area contributed by atoms with Crippen LogP contribution in [0.25, 0.3) is 10.9 Å². The average molecular weight is 370 g/mol. The van der Waals surface area contributed by atoms with Crippen molar-refractivity contribution in [2.24, 2.45) is 0 Å². The van der Waals surface area contributed by atoms with Gasteiger partial charge in [-0.05, 0) is 30.2 Å². The second-order valence-electron chi connectivity index (χ2n) is 5.75. The minimum absolute atomic E-state index is 0.0942. The number of fused-ring (bicyclic) bond motifs is 1. The molecule has 3 aromatic rings. The quantitative estimate of drug-likeness (QED) is 0.487. The topological polar surface area (TPSA) is 119 Å². The van der Waals surface area contributed by atoms with E-state index in [2.05, 4.69) is 15.5 Å². The third-order valence-electron chi connectivity index (χ3n) is 4.12. The van der Waals surface area contributed by atoms with E-state index in [0.717, 1.165) is 5.56 Å². The molecule has 0 aliphatic carbocycles. The lowest BCUT2D eigenvalue weighted by Gasteiger charge is -2.10. The van der Waals surface area contributed by atoms with Crippen LogP contribution in [0.1, 0.15) is 16.1 Å². The van der Waals surface area contributed by atoms with Crippen molar-refractivity contribution in [2.75, 3.05) is 20.8 Å². The summed E-state index contributed by atoms with van der Waals surface area (Å²) in [5, 5.41) is 20.8. The molecule has 0 atom stereocenters. The van der Waals surface area contributed by atoms with Gasteiger partial charge in [-0.25, -0.2) is 0 Å². The Balaban J connectivity index is 1.69. The van der Waals surface area contributed by atoms with Crippen LogP contribution >= 0.6 is 0 Å². The molecule has 9 heteroatoms. The second kappa shape index (κ2) is 7.73. The third kappa shape index (κ3) is 3.81. The van der Waals surface area contributed by atoms with Crippen molar-refractivity contribution in [1.29, 1.82) is 0 Å². The Morgan fingerprint density at radius 3 is 2.67 bits per heavy atom. The van der Waals surface area contributed by atoms with Gasteiger partial charge in [-0.2, -0.15) is 5.10 Å². The number of H-pyrrole nitrogens is 1. The molecule has 0 unspecified atom stereocenters. The first kappa shape index (κ1) is 18.2. The summed E-state index contributed by atoms with van der Waals surface area (Å²) in [6.45, 7) is 0.373. The molecule has 1 amide bonds. The van der Waals surface area contributed by atoms with Gasteiger partial charge in [0, 0.05) is 24.1 Å². The largest absolute Gasteiger partial charge is 0.493 e. The number of aromatic nitrogens is 2. The molecule has 0 radical (unpaired) electrons. The lowest BCUT2D eigenvalue weighted by molar-refractivity contribution is -0.384. The molecular formula is C18H18N4O5. The van der Waals surface area contributed by atoms with Crippen LogP contribution in [0.2, 0.25) is 0 Å². The number of methoxy groups -OCH3 is 2. The third-order valence-corrected chi connectivity index (χ3v) is 4.12. The number of carbonyl (C=O) groups is 1. The molecule has 0 saturated carbocycles. The number of aromatic amines is 1. The Kier molecular flexibility index (Phi) is 5.20. The number of non-ortho nitro benzene ring substituents is 1. The smallest absolute Gasteiger partial charge is 0.272 e. The van der Waals surface area contributed by atoms with E-state index in [1.54, 1.807) is 20.3 Å². The number of nitro benzene ring substituents is 1. The molecule has 27 heavy (non-hydrogen) atoms. The van der Waals surface area contributed by atoms with E-state index in [9.17, 15) is 14.9 Å². The van der Waals surface area contributed by atoms with Crippen molar-refractivity contribution in [3.05, 3.63) is 57.8 Å². The van der Waals surface area contributed by atoms with Crippen LogP contribution in [-0.4, -0.2) is 41.8 Å². The van der Waals surface area contributed by atoms with Gasteiger partial charge in [0.2, 0.25) is 0 Å². The van der Waals surface area contributed by atoms with Crippen molar-refractivity contribution >= 4 is 22.5 Å². The van der Waals surface area contributed by atoms with Crippen LogP contribution in [0.3, 0.4) is 0 Å². The monoisotopic (exact) mass is 370 g/mol. The first-order chi connectivity index (χ1) is 13.0. The van der Waals surface area contributed by atoms with Gasteiger partial charge in [0.25, 0.3) is 11.6 Å². The summed E-state index contributed by atoms with van der Waals surface area (Å²) in [6.07, 6.45) is 0.578. The predicted octanol–water partition coefficient (Wildman–Crippen LogP) is 2.46. The Labute approximate surface area is 154 Å². The fourth-order valence-electron chi connectivity index (χ4n) is 2.73. The van der Waals surface area contributed by atoms with Crippen LogP contribution in [0, 0.1) is 10.1 Å². The molecule has 0 aliphatic heterocycles. The van der Waals surface area contributed by atoms with E-state index < -0.39 is 10.8 Å². The summed E-state index contributed by atoms with van der Waals surface area (Å²) >= 11 is 0. The number of hydrogen-bond donors (Lipinski definition) is 2. The fourth-order valence-corrected chi connectivity index (χ4v) is 2.73. The van der Waals surface area contributed by atoms with Crippen LogP contribution in [-0.2, 0) is 6.42 Å². The standard InChI is InChI=1S/C18H18N4O5/c1-26-15-6-3-11(9-16(15)27-2)7-8-19-18(23)17-13-10-12(22(24)25)4-5-14(13)20-21-17/h3-6,9-10H,7-8H2,1-2H3,(H,19,23)(H,20,21). The normalized spacial score (nSPS) is 10.6. The SMILES string of the molecule is COc1ccc(CCNC(=O)c2n[nH]c3ccc([N+](=O)[O-])cc23)cc1OC. The molecule has 0 spiro atoms. The molecular weight excluding hydrogens is 352 g/mol. The number of nitrogens with zero attached hydrogens (tertiary/aromatic N) is 2. The van der Waals surface area contributed by atoms with Crippen LogP contribution in [0.4, 0.5) is 5.69 Å². The summed E-state index contributed by atoms with van der Waals surface area (Å²) in [4.78, 5) is 22.8. The van der Waals surface area contributed by atoms with Gasteiger partial charge < -0.3 is 14.8 Å². The number of nitro groups is 1. The Morgan fingerprint density at radius 1 is 1.19 bits per heavy atom. The van der Waals surface area contributed by atoms with E-state index in [4.69, 9.17) is 9.47 Å². The zero-order valence-electron chi connectivity index (χ0n) is 14.8.